The van der Waals surface area contributed by atoms with Gasteiger partial charge in [-0.1, -0.05) is 11.6 Å². The van der Waals surface area contributed by atoms with Crippen LogP contribution in [-0.4, -0.2) is 16.8 Å². The lowest BCUT2D eigenvalue weighted by Crippen LogP contribution is -2.14. The average Bonchev–Trinajstić information content (AvgIpc) is 2.75. The average molecular weight is 296 g/mol. The number of amides is 2. The van der Waals surface area contributed by atoms with Crippen LogP contribution in [-0.2, 0) is 0 Å². The van der Waals surface area contributed by atoms with Gasteiger partial charge in [0.05, 0.1) is 21.8 Å². The van der Waals surface area contributed by atoms with E-state index >= 15 is 0 Å². The van der Waals surface area contributed by atoms with E-state index in [0.29, 0.717) is 16.3 Å². The van der Waals surface area contributed by atoms with Gasteiger partial charge in [0.2, 0.25) is 5.91 Å². The van der Waals surface area contributed by atoms with Crippen molar-refractivity contribution < 1.29 is 9.59 Å². The molecule has 0 aliphatic rings. The number of primary amides is 1. The highest BCUT2D eigenvalue weighted by Crippen LogP contribution is 2.22. The van der Waals surface area contributed by atoms with Crippen molar-refractivity contribution in [1.29, 1.82) is 0 Å². The van der Waals surface area contributed by atoms with Crippen LogP contribution in [0.25, 0.3) is 0 Å². The fourth-order valence-corrected chi connectivity index (χ4v) is 2.47. The van der Waals surface area contributed by atoms with E-state index in [2.05, 4.69) is 10.3 Å². The van der Waals surface area contributed by atoms with Crippen molar-refractivity contribution in [3.05, 3.63) is 44.9 Å². The summed E-state index contributed by atoms with van der Waals surface area (Å²) in [5.74, 6) is -0.871. The number of nitrogens with zero attached hydrogens (tertiary/aromatic N) is 1. The zero-order chi connectivity index (χ0) is 14.0. The van der Waals surface area contributed by atoms with Crippen LogP contribution in [0.1, 0.15) is 25.7 Å². The second kappa shape index (κ2) is 5.38. The summed E-state index contributed by atoms with van der Waals surface area (Å²) in [5, 5.41) is 2.89. The highest BCUT2D eigenvalue weighted by molar-refractivity contribution is 7.12. The summed E-state index contributed by atoms with van der Waals surface area (Å²) in [6.45, 7) is 1.76. The van der Waals surface area contributed by atoms with Gasteiger partial charge in [0.25, 0.3) is 5.91 Å². The molecule has 0 bridgehead atoms. The molecule has 0 saturated heterocycles. The van der Waals surface area contributed by atoms with Crippen LogP contribution in [0.3, 0.4) is 0 Å². The lowest BCUT2D eigenvalue weighted by molar-refractivity contribution is 0.0998. The van der Waals surface area contributed by atoms with Crippen LogP contribution in [0.4, 0.5) is 5.69 Å². The topological polar surface area (TPSA) is 85.1 Å². The maximum absolute atomic E-state index is 12.0. The van der Waals surface area contributed by atoms with Crippen LogP contribution in [0.2, 0.25) is 5.02 Å². The van der Waals surface area contributed by atoms with Gasteiger partial charge in [-0.15, -0.1) is 11.3 Å². The molecule has 0 radical (unpaired) electrons. The normalized spacial score (nSPS) is 10.2. The largest absolute Gasteiger partial charge is 0.366 e. The van der Waals surface area contributed by atoms with Crippen molar-refractivity contribution in [3.63, 3.8) is 0 Å². The van der Waals surface area contributed by atoms with Crippen LogP contribution in [0.15, 0.2) is 23.7 Å². The SMILES string of the molecule is Cc1ncsc1C(=O)Nc1ccc(C(N)=O)c(Cl)c1. The van der Waals surface area contributed by atoms with Gasteiger partial charge in [-0.2, -0.15) is 0 Å². The van der Waals surface area contributed by atoms with Crippen LogP contribution < -0.4 is 11.1 Å². The number of nitrogens with one attached hydrogen (secondary N) is 1. The number of aromatic nitrogens is 1. The number of anilines is 1. The number of hydrogen-bond acceptors (Lipinski definition) is 4. The minimum absolute atomic E-state index is 0.200. The first kappa shape index (κ1) is 13.5. The Hall–Kier alpha value is -1.92. The predicted molar refractivity (Wildman–Crippen MR) is 74.8 cm³/mol. The molecule has 0 unspecified atom stereocenters. The molecule has 0 fully saturated rings. The van der Waals surface area contributed by atoms with Gasteiger partial charge >= 0.3 is 0 Å². The van der Waals surface area contributed by atoms with E-state index in [0.717, 1.165) is 0 Å². The lowest BCUT2D eigenvalue weighted by atomic mass is 10.2. The summed E-state index contributed by atoms with van der Waals surface area (Å²) in [6.07, 6.45) is 0. The minimum atomic E-state index is -0.610. The first-order chi connectivity index (χ1) is 8.99. The number of thiazole rings is 1. The van der Waals surface area contributed by atoms with Crippen molar-refractivity contribution in [1.82, 2.24) is 4.98 Å². The Morgan fingerprint density at radius 1 is 1.42 bits per heavy atom. The van der Waals surface area contributed by atoms with Crippen molar-refractivity contribution in [2.45, 2.75) is 6.92 Å². The standard InChI is InChI=1S/C12H10ClN3O2S/c1-6-10(19-5-15-6)12(18)16-7-2-3-8(11(14)17)9(13)4-7/h2-5H,1H3,(H2,14,17)(H,16,18). The van der Waals surface area contributed by atoms with Gasteiger partial charge in [0, 0.05) is 5.69 Å². The molecule has 98 valence electrons. The van der Waals surface area contributed by atoms with E-state index in [-0.39, 0.29) is 16.5 Å². The van der Waals surface area contributed by atoms with Gasteiger partial charge in [-0.05, 0) is 25.1 Å². The highest BCUT2D eigenvalue weighted by atomic mass is 35.5. The minimum Gasteiger partial charge on any atom is -0.366 e. The van der Waals surface area contributed by atoms with Gasteiger partial charge in [-0.25, -0.2) is 4.98 Å². The molecule has 0 atom stereocenters. The second-order valence-electron chi connectivity index (χ2n) is 3.78. The second-order valence-corrected chi connectivity index (χ2v) is 5.04. The number of aryl methyl sites for hydroxylation is 1. The molecule has 0 aliphatic heterocycles. The van der Waals surface area contributed by atoms with Crippen molar-refractivity contribution in [2.75, 3.05) is 5.32 Å². The Kier molecular flexibility index (Phi) is 3.82. The Balaban J connectivity index is 2.21. The van der Waals surface area contributed by atoms with E-state index in [1.165, 1.54) is 23.5 Å². The maximum atomic E-state index is 12.0. The maximum Gasteiger partial charge on any atom is 0.267 e. The Morgan fingerprint density at radius 3 is 2.68 bits per heavy atom. The van der Waals surface area contributed by atoms with E-state index in [1.807, 2.05) is 0 Å². The van der Waals surface area contributed by atoms with E-state index in [1.54, 1.807) is 18.5 Å². The molecule has 1 heterocycles. The van der Waals surface area contributed by atoms with E-state index < -0.39 is 5.91 Å². The summed E-state index contributed by atoms with van der Waals surface area (Å²) < 4.78 is 0. The van der Waals surface area contributed by atoms with Gasteiger partial charge in [0.15, 0.2) is 0 Å². The molecule has 0 saturated carbocycles. The molecular formula is C12H10ClN3O2S. The van der Waals surface area contributed by atoms with Crippen LogP contribution in [0, 0.1) is 6.92 Å². The predicted octanol–water partition coefficient (Wildman–Crippen LogP) is 2.46. The number of rotatable bonds is 3. The molecule has 2 amide bonds. The van der Waals surface area contributed by atoms with Gasteiger partial charge in [0.1, 0.15) is 4.88 Å². The van der Waals surface area contributed by atoms with E-state index in [9.17, 15) is 9.59 Å². The van der Waals surface area contributed by atoms with Crippen LogP contribution >= 0.6 is 22.9 Å². The first-order valence-electron chi connectivity index (χ1n) is 5.30. The van der Waals surface area contributed by atoms with Crippen molar-refractivity contribution >= 4 is 40.4 Å². The zero-order valence-corrected chi connectivity index (χ0v) is 11.5. The fraction of sp³-hybridized carbons (Fsp3) is 0.0833. The van der Waals surface area contributed by atoms with Crippen molar-refractivity contribution in [2.24, 2.45) is 5.73 Å². The summed E-state index contributed by atoms with van der Waals surface area (Å²) in [7, 11) is 0. The summed E-state index contributed by atoms with van der Waals surface area (Å²) in [4.78, 5) is 27.5. The lowest BCUT2D eigenvalue weighted by Gasteiger charge is -2.06. The number of carbonyl (C=O) groups is 2. The molecule has 0 aliphatic carbocycles. The molecule has 19 heavy (non-hydrogen) atoms. The molecule has 7 heteroatoms. The molecule has 2 aromatic rings. The molecule has 3 N–H and O–H groups in total. The summed E-state index contributed by atoms with van der Waals surface area (Å²) in [5.41, 5.74) is 8.13. The van der Waals surface area contributed by atoms with Crippen molar-refractivity contribution in [3.8, 4) is 0 Å². The first-order valence-corrected chi connectivity index (χ1v) is 6.55. The molecule has 2 rings (SSSR count). The number of carbonyl (C=O) groups excluding carboxylic acids is 2. The fourth-order valence-electron chi connectivity index (χ4n) is 1.50. The molecule has 0 spiro atoms. The Labute approximate surface area is 118 Å². The van der Waals surface area contributed by atoms with Gasteiger partial charge < -0.3 is 11.1 Å². The molecule has 1 aromatic carbocycles. The zero-order valence-electron chi connectivity index (χ0n) is 9.94. The summed E-state index contributed by atoms with van der Waals surface area (Å²) in [6, 6.07) is 4.52. The van der Waals surface area contributed by atoms with Crippen LogP contribution in [0.5, 0.6) is 0 Å². The summed E-state index contributed by atoms with van der Waals surface area (Å²) >= 11 is 7.16. The highest BCUT2D eigenvalue weighted by Gasteiger charge is 2.13. The number of nitrogens with two attached hydrogens (primary N) is 1. The third-order valence-electron chi connectivity index (χ3n) is 2.44. The molecule has 5 nitrogen and oxygen atoms in total. The monoisotopic (exact) mass is 295 g/mol. The third-order valence-corrected chi connectivity index (χ3v) is 3.68. The van der Waals surface area contributed by atoms with Gasteiger partial charge in [-0.3, -0.25) is 9.59 Å². The number of halogens is 1. The smallest absolute Gasteiger partial charge is 0.267 e. The number of hydrogen-bond donors (Lipinski definition) is 2. The quantitative estimate of drug-likeness (QED) is 0.912. The van der Waals surface area contributed by atoms with E-state index in [4.69, 9.17) is 17.3 Å². The third kappa shape index (κ3) is 2.91. The molecular weight excluding hydrogens is 286 g/mol. The Bertz CT molecular complexity index is 654. The number of benzene rings is 1. The molecule has 1 aromatic heterocycles. The Morgan fingerprint density at radius 2 is 2.16 bits per heavy atom.